The molecule has 1 rings (SSSR count). The molecule has 0 aliphatic rings. The molecule has 1 aromatic carbocycles. The van der Waals surface area contributed by atoms with E-state index in [2.05, 4.69) is 5.32 Å². The summed E-state index contributed by atoms with van der Waals surface area (Å²) in [6.07, 6.45) is 0. The summed E-state index contributed by atoms with van der Waals surface area (Å²) in [6, 6.07) is 6.99. The van der Waals surface area contributed by atoms with Crippen LogP contribution in [0.3, 0.4) is 0 Å². The zero-order valence-electron chi connectivity index (χ0n) is 9.15. The SMILES string of the molecule is CC(C)(C(=O)O)c1ccc(NC(N)=S)cc1. The largest absolute Gasteiger partial charge is 0.481 e. The number of hydrogen-bond acceptors (Lipinski definition) is 2. The molecule has 0 unspecified atom stereocenters. The van der Waals surface area contributed by atoms with Crippen LogP contribution in [0.15, 0.2) is 24.3 Å². The summed E-state index contributed by atoms with van der Waals surface area (Å²) < 4.78 is 0. The standard InChI is InChI=1S/C11H14N2O2S/c1-11(2,9(14)15)7-3-5-8(6-4-7)13-10(12)16/h3-6H,1-2H3,(H,14,15)(H3,12,13,16). The van der Waals surface area contributed by atoms with Crippen LogP contribution in [0.25, 0.3) is 0 Å². The summed E-state index contributed by atoms with van der Waals surface area (Å²) >= 11 is 4.70. The average Bonchev–Trinajstić information content (AvgIpc) is 2.17. The van der Waals surface area contributed by atoms with Crippen LogP contribution in [0.5, 0.6) is 0 Å². The van der Waals surface area contributed by atoms with Gasteiger partial charge in [0.1, 0.15) is 0 Å². The van der Waals surface area contributed by atoms with Gasteiger partial charge in [0.05, 0.1) is 5.41 Å². The maximum absolute atomic E-state index is 11.0. The molecule has 0 amide bonds. The maximum atomic E-state index is 11.0. The van der Waals surface area contributed by atoms with E-state index >= 15 is 0 Å². The second kappa shape index (κ2) is 4.49. The van der Waals surface area contributed by atoms with Gasteiger partial charge in [-0.15, -0.1) is 0 Å². The fraction of sp³-hybridized carbons (Fsp3) is 0.273. The molecule has 1 aromatic rings. The van der Waals surface area contributed by atoms with Crippen LogP contribution in [0.4, 0.5) is 5.69 Å². The maximum Gasteiger partial charge on any atom is 0.313 e. The fourth-order valence-corrected chi connectivity index (χ4v) is 1.35. The Morgan fingerprint density at radius 2 is 1.88 bits per heavy atom. The van der Waals surface area contributed by atoms with E-state index in [0.717, 1.165) is 11.3 Å². The molecule has 0 aliphatic carbocycles. The predicted octanol–water partition coefficient (Wildman–Crippen LogP) is 1.70. The first-order chi connectivity index (χ1) is 7.34. The van der Waals surface area contributed by atoms with Crippen LogP contribution < -0.4 is 11.1 Å². The van der Waals surface area contributed by atoms with E-state index in [4.69, 9.17) is 23.1 Å². The Morgan fingerprint density at radius 3 is 2.25 bits per heavy atom. The van der Waals surface area contributed by atoms with Crippen LogP contribution in [0.1, 0.15) is 19.4 Å². The molecule has 0 radical (unpaired) electrons. The first-order valence-electron chi connectivity index (χ1n) is 4.74. The number of anilines is 1. The van der Waals surface area contributed by atoms with E-state index in [1.165, 1.54) is 0 Å². The molecular formula is C11H14N2O2S. The predicted molar refractivity (Wildman–Crippen MR) is 67.5 cm³/mol. The molecule has 4 N–H and O–H groups in total. The van der Waals surface area contributed by atoms with Crippen LogP contribution in [-0.4, -0.2) is 16.2 Å². The molecule has 4 nitrogen and oxygen atoms in total. The van der Waals surface area contributed by atoms with Crippen molar-refractivity contribution in [3.8, 4) is 0 Å². The summed E-state index contributed by atoms with van der Waals surface area (Å²) in [5.74, 6) is -0.859. The van der Waals surface area contributed by atoms with Gasteiger partial charge in [0.15, 0.2) is 5.11 Å². The summed E-state index contributed by atoms with van der Waals surface area (Å²) in [6.45, 7) is 3.32. The molecule has 0 saturated heterocycles. The van der Waals surface area contributed by atoms with Crippen LogP contribution in [-0.2, 0) is 10.2 Å². The molecule has 0 aromatic heterocycles. The third kappa shape index (κ3) is 2.70. The summed E-state index contributed by atoms with van der Waals surface area (Å²) in [5, 5.41) is 12.0. The summed E-state index contributed by atoms with van der Waals surface area (Å²) in [5.41, 5.74) is 5.90. The monoisotopic (exact) mass is 238 g/mol. The minimum atomic E-state index is -0.901. The molecule has 0 fully saturated rings. The normalized spacial score (nSPS) is 10.9. The van der Waals surface area contributed by atoms with Crippen molar-refractivity contribution in [2.45, 2.75) is 19.3 Å². The van der Waals surface area contributed by atoms with Gasteiger partial charge < -0.3 is 16.2 Å². The molecule has 0 atom stereocenters. The number of aliphatic carboxylic acids is 1. The highest BCUT2D eigenvalue weighted by Crippen LogP contribution is 2.24. The molecule has 0 aliphatic heterocycles. The van der Waals surface area contributed by atoms with Gasteiger partial charge in [0.25, 0.3) is 0 Å². The topological polar surface area (TPSA) is 75.3 Å². The van der Waals surface area contributed by atoms with Gasteiger partial charge >= 0.3 is 5.97 Å². The van der Waals surface area contributed by atoms with Gasteiger partial charge in [0.2, 0.25) is 0 Å². The van der Waals surface area contributed by atoms with E-state index < -0.39 is 11.4 Å². The van der Waals surface area contributed by atoms with E-state index in [-0.39, 0.29) is 5.11 Å². The fourth-order valence-electron chi connectivity index (χ4n) is 1.24. The number of carboxylic acid groups (broad SMARTS) is 1. The Labute approximate surface area is 99.5 Å². The number of nitrogens with one attached hydrogen (secondary N) is 1. The van der Waals surface area contributed by atoms with Crippen molar-refractivity contribution in [1.29, 1.82) is 0 Å². The van der Waals surface area contributed by atoms with Crippen molar-refractivity contribution in [2.75, 3.05) is 5.32 Å². The number of thiocarbonyl (C=S) groups is 1. The Kier molecular flexibility index (Phi) is 3.49. The minimum Gasteiger partial charge on any atom is -0.481 e. The number of nitrogens with two attached hydrogens (primary N) is 1. The lowest BCUT2D eigenvalue weighted by atomic mass is 9.85. The molecule has 0 spiro atoms. The zero-order valence-corrected chi connectivity index (χ0v) is 9.97. The van der Waals surface area contributed by atoms with E-state index in [9.17, 15) is 4.79 Å². The van der Waals surface area contributed by atoms with Crippen LogP contribution >= 0.6 is 12.2 Å². The molecule has 86 valence electrons. The number of carbonyl (C=O) groups is 1. The van der Waals surface area contributed by atoms with Gasteiger partial charge in [-0.25, -0.2) is 0 Å². The Bertz CT molecular complexity index is 412. The highest BCUT2D eigenvalue weighted by atomic mass is 32.1. The van der Waals surface area contributed by atoms with Crippen molar-refractivity contribution in [3.05, 3.63) is 29.8 Å². The first-order valence-corrected chi connectivity index (χ1v) is 5.15. The third-order valence-electron chi connectivity index (χ3n) is 2.41. The summed E-state index contributed by atoms with van der Waals surface area (Å²) in [4.78, 5) is 11.0. The van der Waals surface area contributed by atoms with Gasteiger partial charge in [-0.1, -0.05) is 12.1 Å². The van der Waals surface area contributed by atoms with Crippen molar-refractivity contribution in [3.63, 3.8) is 0 Å². The van der Waals surface area contributed by atoms with E-state index in [1.807, 2.05) is 0 Å². The lowest BCUT2D eigenvalue weighted by molar-refractivity contribution is -0.142. The van der Waals surface area contributed by atoms with Crippen molar-refractivity contribution in [2.24, 2.45) is 5.73 Å². The molecular weight excluding hydrogens is 224 g/mol. The van der Waals surface area contributed by atoms with Gasteiger partial charge in [-0.3, -0.25) is 4.79 Å². The minimum absolute atomic E-state index is 0.185. The zero-order chi connectivity index (χ0) is 12.3. The van der Waals surface area contributed by atoms with Crippen molar-refractivity contribution in [1.82, 2.24) is 0 Å². The average molecular weight is 238 g/mol. The first kappa shape index (κ1) is 12.4. The van der Waals surface area contributed by atoms with Gasteiger partial charge in [-0.2, -0.15) is 0 Å². The Balaban J connectivity index is 2.95. The Morgan fingerprint density at radius 1 is 1.38 bits per heavy atom. The van der Waals surface area contributed by atoms with Crippen LogP contribution in [0, 0.1) is 0 Å². The molecule has 0 saturated carbocycles. The molecule has 0 bridgehead atoms. The second-order valence-electron chi connectivity index (χ2n) is 4.00. The van der Waals surface area contributed by atoms with Gasteiger partial charge in [0, 0.05) is 5.69 Å². The number of carboxylic acids is 1. The van der Waals surface area contributed by atoms with E-state index in [1.54, 1.807) is 38.1 Å². The highest BCUT2D eigenvalue weighted by Gasteiger charge is 2.28. The highest BCUT2D eigenvalue weighted by molar-refractivity contribution is 7.80. The molecule has 0 heterocycles. The van der Waals surface area contributed by atoms with Crippen LogP contribution in [0.2, 0.25) is 0 Å². The number of hydrogen-bond donors (Lipinski definition) is 3. The van der Waals surface area contributed by atoms with Crippen molar-refractivity contribution < 1.29 is 9.90 Å². The van der Waals surface area contributed by atoms with E-state index in [0.29, 0.717) is 0 Å². The molecule has 16 heavy (non-hydrogen) atoms. The Hall–Kier alpha value is -1.62. The quantitative estimate of drug-likeness (QED) is 0.699. The molecule has 5 heteroatoms. The lowest BCUT2D eigenvalue weighted by Crippen LogP contribution is -2.28. The second-order valence-corrected chi connectivity index (χ2v) is 4.44. The van der Waals surface area contributed by atoms with Gasteiger partial charge in [-0.05, 0) is 43.8 Å². The number of benzene rings is 1. The smallest absolute Gasteiger partial charge is 0.313 e. The lowest BCUT2D eigenvalue weighted by Gasteiger charge is -2.19. The third-order valence-corrected chi connectivity index (χ3v) is 2.51. The summed E-state index contributed by atoms with van der Waals surface area (Å²) in [7, 11) is 0. The number of rotatable bonds is 3. The van der Waals surface area contributed by atoms with Crippen molar-refractivity contribution >= 4 is 29.0 Å².